The highest BCUT2D eigenvalue weighted by atomic mass is 16.7. The highest BCUT2D eigenvalue weighted by molar-refractivity contribution is 5.69. The maximum absolute atomic E-state index is 12.4. The number of carbonyl (C=O) groups is 2. The van der Waals surface area contributed by atoms with E-state index in [4.69, 9.17) is 18.9 Å². The third-order valence-electron chi connectivity index (χ3n) is 10.7. The maximum atomic E-state index is 12.4. The average Bonchev–Trinajstić information content (AvgIpc) is 3.67. The molecular formula is C47H83NO6. The van der Waals surface area contributed by atoms with Crippen molar-refractivity contribution in [3.63, 3.8) is 0 Å². The smallest absolute Gasteiger partial charge is 0.305 e. The largest absolute Gasteiger partial charge is 0.466 e. The Labute approximate surface area is 332 Å². The Morgan fingerprint density at radius 2 is 1.20 bits per heavy atom. The first-order chi connectivity index (χ1) is 26.4. The molecule has 0 bridgehead atoms. The van der Waals surface area contributed by atoms with Gasteiger partial charge in [-0.3, -0.25) is 9.59 Å². The van der Waals surface area contributed by atoms with Crippen molar-refractivity contribution in [1.29, 1.82) is 0 Å². The molecular weight excluding hydrogens is 675 g/mol. The molecule has 1 rings (SSSR count). The zero-order valence-electron chi connectivity index (χ0n) is 35.6. The van der Waals surface area contributed by atoms with E-state index in [2.05, 4.69) is 49.4 Å². The lowest BCUT2D eigenvalue weighted by atomic mass is 9.98. The molecule has 0 radical (unpaired) electrons. The molecule has 1 aliphatic heterocycles. The summed E-state index contributed by atoms with van der Waals surface area (Å²) >= 11 is 0. The molecule has 0 aromatic carbocycles. The topological polar surface area (TPSA) is 74.3 Å². The Morgan fingerprint density at radius 1 is 0.667 bits per heavy atom. The molecule has 7 nitrogen and oxygen atoms in total. The van der Waals surface area contributed by atoms with Crippen molar-refractivity contribution >= 4 is 11.9 Å². The molecule has 1 saturated heterocycles. The lowest BCUT2D eigenvalue weighted by Crippen LogP contribution is -2.28. The molecule has 0 aromatic heterocycles. The lowest BCUT2D eigenvalue weighted by molar-refractivity contribution is -0.165. The zero-order chi connectivity index (χ0) is 39.3. The molecule has 0 spiro atoms. The molecule has 0 amide bonds. The van der Waals surface area contributed by atoms with Crippen LogP contribution < -0.4 is 0 Å². The van der Waals surface area contributed by atoms with Gasteiger partial charge in [0.15, 0.2) is 6.29 Å². The van der Waals surface area contributed by atoms with Gasteiger partial charge < -0.3 is 23.8 Å². The van der Waals surface area contributed by atoms with Gasteiger partial charge in [0.05, 0.1) is 25.9 Å². The minimum Gasteiger partial charge on any atom is -0.466 e. The van der Waals surface area contributed by atoms with E-state index in [1.807, 2.05) is 13.0 Å². The van der Waals surface area contributed by atoms with Gasteiger partial charge in [-0.05, 0) is 108 Å². The van der Waals surface area contributed by atoms with Crippen molar-refractivity contribution < 1.29 is 28.5 Å². The standard InChI is InChI=1S/C47H83NO6/c1-6-9-18-27-42(4)34-39-52-46(49)32-23-16-12-14-21-30-45(54-43(5)51-41-38-48-36-25-26-37-48)31-22-15-13-17-24-33-47(50)53-40-35-44(28-19-10-7-2)29-20-11-8-3/h28,42-45H,2,6,8-9,11-18,20-27,29-41H2,1,3-5H3. The van der Waals surface area contributed by atoms with E-state index in [0.29, 0.717) is 37.9 Å². The van der Waals surface area contributed by atoms with Gasteiger partial charge in [0.2, 0.25) is 0 Å². The van der Waals surface area contributed by atoms with Gasteiger partial charge in [-0.2, -0.15) is 0 Å². The zero-order valence-corrected chi connectivity index (χ0v) is 35.6. The molecule has 1 fully saturated rings. The third kappa shape index (κ3) is 31.1. The van der Waals surface area contributed by atoms with Gasteiger partial charge in [0.25, 0.3) is 0 Å². The van der Waals surface area contributed by atoms with E-state index in [9.17, 15) is 9.59 Å². The molecule has 0 saturated carbocycles. The van der Waals surface area contributed by atoms with Crippen LogP contribution in [0.5, 0.6) is 0 Å². The van der Waals surface area contributed by atoms with Gasteiger partial charge in [-0.15, -0.1) is 0 Å². The number of nitrogens with zero attached hydrogens (tertiary/aromatic N) is 1. The molecule has 4 atom stereocenters. The van der Waals surface area contributed by atoms with Crippen LogP contribution in [-0.2, 0) is 28.5 Å². The Morgan fingerprint density at radius 3 is 1.80 bits per heavy atom. The predicted octanol–water partition coefficient (Wildman–Crippen LogP) is 12.2. The van der Waals surface area contributed by atoms with Crippen molar-refractivity contribution in [1.82, 2.24) is 4.90 Å². The highest BCUT2D eigenvalue weighted by Crippen LogP contribution is 2.20. The Bertz CT molecular complexity index is 1020. The molecule has 312 valence electrons. The number of unbranched alkanes of at least 4 members (excludes halogenated alkanes) is 12. The summed E-state index contributed by atoms with van der Waals surface area (Å²) in [7, 11) is 0. The third-order valence-corrected chi connectivity index (χ3v) is 10.7. The van der Waals surface area contributed by atoms with Gasteiger partial charge in [0.1, 0.15) is 0 Å². The van der Waals surface area contributed by atoms with Crippen molar-refractivity contribution in [3.05, 3.63) is 29.8 Å². The van der Waals surface area contributed by atoms with Crippen molar-refractivity contribution in [2.24, 2.45) is 11.8 Å². The first-order valence-corrected chi connectivity index (χ1v) is 22.5. The summed E-state index contributed by atoms with van der Waals surface area (Å²) < 4.78 is 23.6. The van der Waals surface area contributed by atoms with Crippen molar-refractivity contribution in [3.8, 4) is 0 Å². The van der Waals surface area contributed by atoms with Gasteiger partial charge in [0, 0.05) is 19.4 Å². The predicted molar refractivity (Wildman–Crippen MR) is 223 cm³/mol. The van der Waals surface area contributed by atoms with E-state index in [1.165, 1.54) is 70.9 Å². The number of carbonyl (C=O) groups excluding carboxylic acids is 2. The summed E-state index contributed by atoms with van der Waals surface area (Å²) in [6, 6.07) is 0. The van der Waals surface area contributed by atoms with Crippen LogP contribution in [0.1, 0.15) is 195 Å². The van der Waals surface area contributed by atoms with Gasteiger partial charge in [-0.25, -0.2) is 0 Å². The number of ether oxygens (including phenoxy) is 4. The summed E-state index contributed by atoms with van der Waals surface area (Å²) in [5.74, 6) is 0.849. The van der Waals surface area contributed by atoms with Gasteiger partial charge in [-0.1, -0.05) is 129 Å². The fourth-order valence-corrected chi connectivity index (χ4v) is 7.20. The average molecular weight is 758 g/mol. The van der Waals surface area contributed by atoms with E-state index < -0.39 is 0 Å². The molecule has 7 heteroatoms. The number of hydrogen-bond donors (Lipinski definition) is 0. The molecule has 1 heterocycles. The SMILES string of the molecule is C=C=C=C=CC(CCCCC)CCOC(=O)CCCCCCCC(CCCCCCCC(=O)OCCC(C)CCCCC)OC(C)OCCN1CCCC1. The van der Waals surface area contributed by atoms with Crippen molar-refractivity contribution in [2.45, 2.75) is 207 Å². The van der Waals surface area contributed by atoms with Crippen LogP contribution in [0.4, 0.5) is 0 Å². The Hall–Kier alpha value is -2.10. The molecule has 1 aliphatic rings. The number of hydrogen-bond acceptors (Lipinski definition) is 7. The fraction of sp³-hybridized carbons (Fsp3) is 0.851. The second-order valence-corrected chi connectivity index (χ2v) is 15.8. The Balaban J connectivity index is 2.28. The minimum absolute atomic E-state index is 0.0378. The monoisotopic (exact) mass is 758 g/mol. The normalized spacial score (nSPS) is 15.1. The second-order valence-electron chi connectivity index (χ2n) is 15.8. The summed E-state index contributed by atoms with van der Waals surface area (Å²) in [5, 5.41) is 0. The van der Waals surface area contributed by atoms with Crippen LogP contribution in [0.25, 0.3) is 0 Å². The number of rotatable bonds is 37. The summed E-state index contributed by atoms with van der Waals surface area (Å²) in [6.07, 6.45) is 29.9. The summed E-state index contributed by atoms with van der Waals surface area (Å²) in [5.41, 5.74) is 8.40. The van der Waals surface area contributed by atoms with Crippen LogP contribution >= 0.6 is 0 Å². The molecule has 0 aromatic rings. The highest BCUT2D eigenvalue weighted by Gasteiger charge is 2.16. The maximum Gasteiger partial charge on any atom is 0.305 e. The van der Waals surface area contributed by atoms with Crippen LogP contribution in [-0.4, -0.2) is 68.7 Å². The minimum atomic E-state index is -0.197. The van der Waals surface area contributed by atoms with E-state index >= 15 is 0 Å². The van der Waals surface area contributed by atoms with Crippen LogP contribution in [0.15, 0.2) is 29.8 Å². The molecule has 4 unspecified atom stereocenters. The fourth-order valence-electron chi connectivity index (χ4n) is 7.20. The Kier molecular flexibility index (Phi) is 33.8. The second kappa shape index (κ2) is 36.5. The van der Waals surface area contributed by atoms with Crippen LogP contribution in [0, 0.1) is 11.8 Å². The van der Waals surface area contributed by atoms with E-state index in [0.717, 1.165) is 109 Å². The molecule has 54 heavy (non-hydrogen) atoms. The summed E-state index contributed by atoms with van der Waals surface area (Å²) in [4.78, 5) is 27.0. The van der Waals surface area contributed by atoms with E-state index in [-0.39, 0.29) is 24.3 Å². The number of likely N-dealkylation sites (tertiary alicyclic amines) is 1. The summed E-state index contributed by atoms with van der Waals surface area (Å²) in [6.45, 7) is 17.4. The first kappa shape index (κ1) is 49.9. The number of allylic oxidation sites excluding steroid dienone is 1. The molecule has 0 N–H and O–H groups in total. The van der Waals surface area contributed by atoms with Crippen LogP contribution in [0.3, 0.4) is 0 Å². The van der Waals surface area contributed by atoms with Gasteiger partial charge >= 0.3 is 11.9 Å². The van der Waals surface area contributed by atoms with E-state index in [1.54, 1.807) is 0 Å². The lowest BCUT2D eigenvalue weighted by Gasteiger charge is -2.24. The van der Waals surface area contributed by atoms with Crippen molar-refractivity contribution in [2.75, 3.05) is 39.5 Å². The quantitative estimate of drug-likeness (QED) is 0.0270. The molecule has 0 aliphatic carbocycles. The number of esters is 2. The first-order valence-electron chi connectivity index (χ1n) is 22.5. The van der Waals surface area contributed by atoms with Crippen LogP contribution in [0.2, 0.25) is 0 Å².